The first-order valence-electron chi connectivity index (χ1n) is 6.10. The molecule has 0 saturated carbocycles. The second-order valence-corrected chi connectivity index (χ2v) is 5.17. The summed E-state index contributed by atoms with van der Waals surface area (Å²) < 4.78 is 0. The van der Waals surface area contributed by atoms with Gasteiger partial charge in [-0.3, -0.25) is 0 Å². The van der Waals surface area contributed by atoms with Crippen LogP contribution in [0.5, 0.6) is 5.75 Å². The van der Waals surface area contributed by atoms with Crippen LogP contribution >= 0.6 is 0 Å². The molecule has 2 aromatic rings. The van der Waals surface area contributed by atoms with E-state index in [0.29, 0.717) is 11.3 Å². The van der Waals surface area contributed by atoms with Crippen molar-refractivity contribution in [1.29, 1.82) is 0 Å². The summed E-state index contributed by atoms with van der Waals surface area (Å²) in [5.74, 6) is 0.176. The third kappa shape index (κ3) is 1.86. The zero-order chi connectivity index (χ0) is 13.3. The molecule has 3 heteroatoms. The molecule has 2 rings (SSSR count). The maximum Gasteiger partial charge on any atom is 0.129 e. The summed E-state index contributed by atoms with van der Waals surface area (Å²) in [7, 11) is 0. The third-order valence-corrected chi connectivity index (χ3v) is 3.66. The van der Waals surface area contributed by atoms with Crippen LogP contribution in [-0.2, 0) is 5.41 Å². The molecule has 0 saturated heterocycles. The fourth-order valence-corrected chi connectivity index (χ4v) is 2.23. The molecule has 1 N–H and O–H groups in total. The van der Waals surface area contributed by atoms with Gasteiger partial charge in [0, 0.05) is 10.9 Å². The molecule has 0 amide bonds. The highest BCUT2D eigenvalue weighted by Crippen LogP contribution is 2.44. The van der Waals surface area contributed by atoms with E-state index in [1.807, 2.05) is 45.0 Å². The molecule has 0 unspecified atom stereocenters. The minimum atomic E-state index is -0.280. The number of hydrogen-bond acceptors (Lipinski definition) is 3. The average Bonchev–Trinajstić information content (AvgIpc) is 2.38. The van der Waals surface area contributed by atoms with E-state index in [4.69, 9.17) is 0 Å². The number of benzene rings is 2. The van der Waals surface area contributed by atoms with Crippen LogP contribution in [0.2, 0.25) is 0 Å². The van der Waals surface area contributed by atoms with Crippen molar-refractivity contribution in [3.8, 4) is 5.75 Å². The Balaban J connectivity index is 2.87. The van der Waals surface area contributed by atoms with Crippen LogP contribution in [-0.4, -0.2) is 5.11 Å². The van der Waals surface area contributed by atoms with Gasteiger partial charge >= 0.3 is 0 Å². The van der Waals surface area contributed by atoms with Crippen molar-refractivity contribution in [2.45, 2.75) is 32.6 Å². The first-order chi connectivity index (χ1) is 8.51. The number of aromatic hydroxyl groups is 1. The molecule has 2 aromatic carbocycles. The summed E-state index contributed by atoms with van der Waals surface area (Å²) in [4.78, 5) is 11.0. The summed E-state index contributed by atoms with van der Waals surface area (Å²) in [5.41, 5.74) is 0.689. The molecule has 0 spiro atoms. The molecule has 0 aliphatic rings. The van der Waals surface area contributed by atoms with Crippen molar-refractivity contribution < 1.29 is 5.11 Å². The van der Waals surface area contributed by atoms with Crippen molar-refractivity contribution in [2.75, 3.05) is 0 Å². The van der Waals surface area contributed by atoms with Gasteiger partial charge in [-0.1, -0.05) is 45.0 Å². The molecule has 0 aliphatic heterocycles. The number of phenols is 1. The van der Waals surface area contributed by atoms with Gasteiger partial charge in [-0.15, -0.1) is 4.91 Å². The van der Waals surface area contributed by atoms with Gasteiger partial charge in [0.2, 0.25) is 0 Å². The Morgan fingerprint density at radius 1 is 1.28 bits per heavy atom. The number of nitrogens with zero attached hydrogens (tertiary/aromatic N) is 1. The lowest BCUT2D eigenvalue weighted by atomic mass is 9.79. The lowest BCUT2D eigenvalue weighted by Gasteiger charge is -2.26. The molecule has 0 heterocycles. The lowest BCUT2D eigenvalue weighted by molar-refractivity contribution is 0.434. The fraction of sp³-hybridized carbons (Fsp3) is 0.333. The van der Waals surface area contributed by atoms with Crippen LogP contribution in [0.3, 0.4) is 0 Å². The van der Waals surface area contributed by atoms with Gasteiger partial charge in [-0.25, -0.2) is 0 Å². The Bertz CT molecular complexity index is 603. The van der Waals surface area contributed by atoms with Crippen molar-refractivity contribution in [2.24, 2.45) is 5.18 Å². The highest BCUT2D eigenvalue weighted by Gasteiger charge is 2.27. The summed E-state index contributed by atoms with van der Waals surface area (Å²) in [6, 6.07) is 9.22. The van der Waals surface area contributed by atoms with Crippen LogP contribution in [0, 0.1) is 4.91 Å². The van der Waals surface area contributed by atoms with E-state index in [1.165, 1.54) is 0 Å². The Kier molecular flexibility index (Phi) is 3.07. The van der Waals surface area contributed by atoms with E-state index in [2.05, 4.69) is 5.18 Å². The number of phenolic OH excluding ortho intramolecular Hbond substituents is 1. The monoisotopic (exact) mass is 243 g/mol. The molecule has 94 valence electrons. The van der Waals surface area contributed by atoms with E-state index < -0.39 is 0 Å². The van der Waals surface area contributed by atoms with Gasteiger partial charge in [0.1, 0.15) is 11.4 Å². The van der Waals surface area contributed by atoms with Crippen molar-refractivity contribution in [3.63, 3.8) is 0 Å². The summed E-state index contributed by atoms with van der Waals surface area (Å²) in [6.45, 7) is 6.04. The molecule has 3 nitrogen and oxygen atoms in total. The zero-order valence-electron chi connectivity index (χ0n) is 10.9. The Labute approximate surface area is 106 Å². The smallest absolute Gasteiger partial charge is 0.129 e. The maximum atomic E-state index is 11.0. The molecular formula is C15H17NO2. The summed E-state index contributed by atoms with van der Waals surface area (Å²) in [6.07, 6.45) is 0.821. The molecule has 0 aliphatic carbocycles. The Morgan fingerprint density at radius 2 is 1.94 bits per heavy atom. The molecule has 0 bridgehead atoms. The predicted molar refractivity (Wildman–Crippen MR) is 74.4 cm³/mol. The van der Waals surface area contributed by atoms with Crippen molar-refractivity contribution >= 4 is 16.5 Å². The predicted octanol–water partition coefficient (Wildman–Crippen LogP) is 4.63. The minimum Gasteiger partial charge on any atom is -0.507 e. The third-order valence-electron chi connectivity index (χ3n) is 3.66. The Hall–Kier alpha value is -1.90. The summed E-state index contributed by atoms with van der Waals surface area (Å²) >= 11 is 0. The first kappa shape index (κ1) is 12.6. The molecule has 18 heavy (non-hydrogen) atoms. The zero-order valence-corrected chi connectivity index (χ0v) is 10.9. The van der Waals surface area contributed by atoms with Crippen molar-refractivity contribution in [1.82, 2.24) is 0 Å². The SMILES string of the molecule is CCC(C)(C)c1c(N=O)cc2ccccc2c1O. The van der Waals surface area contributed by atoms with E-state index >= 15 is 0 Å². The second kappa shape index (κ2) is 4.41. The van der Waals surface area contributed by atoms with E-state index in [-0.39, 0.29) is 11.2 Å². The standard InChI is InChI=1S/C15H17NO2/c1-4-15(2,3)13-12(16-18)9-10-7-5-6-8-11(10)14(13)17/h5-9,17H,4H2,1-3H3. The Morgan fingerprint density at radius 3 is 2.56 bits per heavy atom. The normalized spacial score (nSPS) is 11.7. The molecule has 0 fully saturated rings. The molecule has 0 radical (unpaired) electrons. The lowest BCUT2D eigenvalue weighted by Crippen LogP contribution is -2.16. The van der Waals surface area contributed by atoms with Gasteiger partial charge in [-0.05, 0) is 28.5 Å². The largest absolute Gasteiger partial charge is 0.507 e. The van der Waals surface area contributed by atoms with Crippen LogP contribution in [0.1, 0.15) is 32.8 Å². The van der Waals surface area contributed by atoms with Gasteiger partial charge in [0.25, 0.3) is 0 Å². The average molecular weight is 243 g/mol. The highest BCUT2D eigenvalue weighted by molar-refractivity contribution is 5.93. The quantitative estimate of drug-likeness (QED) is 0.799. The van der Waals surface area contributed by atoms with Gasteiger partial charge < -0.3 is 5.11 Å². The van der Waals surface area contributed by atoms with Crippen LogP contribution in [0.25, 0.3) is 10.8 Å². The second-order valence-electron chi connectivity index (χ2n) is 5.17. The number of fused-ring (bicyclic) bond motifs is 1. The molecular weight excluding hydrogens is 226 g/mol. The van der Waals surface area contributed by atoms with Gasteiger partial charge in [-0.2, -0.15) is 0 Å². The van der Waals surface area contributed by atoms with Crippen LogP contribution < -0.4 is 0 Å². The fourth-order valence-electron chi connectivity index (χ4n) is 2.23. The number of nitroso groups, excluding NO2 is 1. The number of rotatable bonds is 3. The highest BCUT2D eigenvalue weighted by atomic mass is 16.3. The maximum absolute atomic E-state index is 11.0. The topological polar surface area (TPSA) is 49.7 Å². The van der Waals surface area contributed by atoms with Gasteiger partial charge in [0.15, 0.2) is 0 Å². The molecule has 0 aromatic heterocycles. The van der Waals surface area contributed by atoms with E-state index in [0.717, 1.165) is 17.2 Å². The van der Waals surface area contributed by atoms with E-state index in [1.54, 1.807) is 6.07 Å². The molecule has 0 atom stereocenters. The van der Waals surface area contributed by atoms with Crippen LogP contribution in [0.4, 0.5) is 5.69 Å². The number of hydrogen-bond donors (Lipinski definition) is 1. The first-order valence-corrected chi connectivity index (χ1v) is 6.10. The van der Waals surface area contributed by atoms with Crippen LogP contribution in [0.15, 0.2) is 35.5 Å². The minimum absolute atomic E-state index is 0.176. The van der Waals surface area contributed by atoms with Crippen molar-refractivity contribution in [3.05, 3.63) is 40.8 Å². The summed E-state index contributed by atoms with van der Waals surface area (Å²) in [5, 5.41) is 15.1. The van der Waals surface area contributed by atoms with E-state index in [9.17, 15) is 10.0 Å². The van der Waals surface area contributed by atoms with Gasteiger partial charge in [0.05, 0.1) is 0 Å².